The van der Waals surface area contributed by atoms with Gasteiger partial charge >= 0.3 is 0 Å². The molecular formula is C28H40F4N4O. The summed E-state index contributed by atoms with van der Waals surface area (Å²) >= 11 is 0. The first-order valence-electron chi connectivity index (χ1n) is 12.9. The molecule has 1 aliphatic rings. The molecule has 1 amide bonds. The molecule has 0 saturated carbocycles. The van der Waals surface area contributed by atoms with Gasteiger partial charge in [-0.3, -0.25) is 10.2 Å². The summed E-state index contributed by atoms with van der Waals surface area (Å²) < 4.78 is 48.2. The molecule has 9 heteroatoms. The second-order valence-electron chi connectivity index (χ2n) is 8.76. The molecule has 1 fully saturated rings. The van der Waals surface area contributed by atoms with E-state index in [4.69, 9.17) is 5.41 Å². The molecule has 5 nitrogen and oxygen atoms in total. The van der Waals surface area contributed by atoms with Crippen LogP contribution in [-0.4, -0.2) is 36.6 Å². The van der Waals surface area contributed by atoms with Crippen LogP contribution in [0.1, 0.15) is 84.6 Å². The van der Waals surface area contributed by atoms with Gasteiger partial charge in [0.25, 0.3) is 0 Å². The highest BCUT2D eigenvalue weighted by atomic mass is 19.3. The second kappa shape index (κ2) is 17.5. The summed E-state index contributed by atoms with van der Waals surface area (Å²) in [6.07, 6.45) is 8.03. The third kappa shape index (κ3) is 10.5. The Balaban J connectivity index is 0.00000217. The number of carbonyl (C=O) groups excluding carboxylic acids is 1. The number of anilines is 1. The zero-order valence-corrected chi connectivity index (χ0v) is 22.3. The van der Waals surface area contributed by atoms with E-state index in [1.54, 1.807) is 19.2 Å². The molecule has 1 aromatic rings. The number of hydrogen-bond acceptors (Lipinski definition) is 4. The highest BCUT2D eigenvalue weighted by Gasteiger charge is 2.25. The van der Waals surface area contributed by atoms with E-state index in [1.165, 1.54) is 12.1 Å². The molecule has 2 unspecified atom stereocenters. The van der Waals surface area contributed by atoms with E-state index < -0.39 is 25.0 Å². The smallest absolute Gasteiger partial charge is 0.229 e. The normalized spacial score (nSPS) is 17.6. The number of hydrogen-bond donors (Lipinski definition) is 3. The molecule has 2 rings (SSSR count). The van der Waals surface area contributed by atoms with Gasteiger partial charge in [0.05, 0.1) is 11.8 Å². The molecule has 1 heterocycles. The maximum Gasteiger partial charge on any atom is 0.229 e. The van der Waals surface area contributed by atoms with Crippen LogP contribution in [0, 0.1) is 11.2 Å². The Kier molecular flexibility index (Phi) is 15.1. The largest absolute Gasteiger partial charge is 0.379 e. The second-order valence-corrected chi connectivity index (χ2v) is 8.76. The van der Waals surface area contributed by atoms with Crippen molar-refractivity contribution in [3.8, 4) is 0 Å². The number of aliphatic imine (C=N–C) groups is 1. The average molecular weight is 525 g/mol. The Labute approximate surface area is 218 Å². The number of benzene rings is 1. The van der Waals surface area contributed by atoms with Gasteiger partial charge in [0.1, 0.15) is 17.8 Å². The van der Waals surface area contributed by atoms with Gasteiger partial charge in [-0.15, -0.1) is 0 Å². The molecule has 0 spiro atoms. The predicted octanol–water partition coefficient (Wildman–Crippen LogP) is 7.73. The van der Waals surface area contributed by atoms with E-state index in [2.05, 4.69) is 22.5 Å². The van der Waals surface area contributed by atoms with Crippen LogP contribution in [0.25, 0.3) is 0 Å². The van der Waals surface area contributed by atoms with Crippen molar-refractivity contribution in [3.05, 3.63) is 53.0 Å². The lowest BCUT2D eigenvalue weighted by Crippen LogP contribution is -2.37. The molecule has 1 aromatic carbocycles. The zero-order valence-electron chi connectivity index (χ0n) is 22.3. The number of nitrogens with one attached hydrogen (secondary N) is 3. The Morgan fingerprint density at radius 2 is 1.92 bits per heavy atom. The fourth-order valence-electron chi connectivity index (χ4n) is 3.98. The van der Waals surface area contributed by atoms with E-state index in [9.17, 15) is 22.4 Å². The van der Waals surface area contributed by atoms with Crippen LogP contribution in [0.2, 0.25) is 0 Å². The number of amides is 1. The summed E-state index contributed by atoms with van der Waals surface area (Å²) in [5, 5.41) is 14.9. The molecular weight excluding hydrogens is 484 g/mol. The van der Waals surface area contributed by atoms with Gasteiger partial charge in [-0.2, -0.15) is 0 Å². The van der Waals surface area contributed by atoms with Gasteiger partial charge in [0, 0.05) is 29.4 Å². The molecule has 2 atom stereocenters. The van der Waals surface area contributed by atoms with E-state index in [-0.39, 0.29) is 11.6 Å². The monoisotopic (exact) mass is 524 g/mol. The van der Waals surface area contributed by atoms with Crippen molar-refractivity contribution in [2.45, 2.75) is 91.3 Å². The minimum atomic E-state index is -1.75. The molecule has 0 bridgehead atoms. The number of rotatable bonds is 12. The Morgan fingerprint density at radius 1 is 1.22 bits per heavy atom. The maximum atomic E-state index is 14.7. The fraction of sp³-hybridized carbons (Fsp3) is 0.536. The maximum absolute atomic E-state index is 14.7. The average Bonchev–Trinajstić information content (AvgIpc) is 2.88. The fourth-order valence-corrected chi connectivity index (χ4v) is 3.98. The summed E-state index contributed by atoms with van der Waals surface area (Å²) in [7, 11) is 0. The number of piperidine rings is 1. The van der Waals surface area contributed by atoms with Gasteiger partial charge < -0.3 is 10.6 Å². The van der Waals surface area contributed by atoms with Crippen LogP contribution in [0.15, 0.2) is 46.6 Å². The summed E-state index contributed by atoms with van der Waals surface area (Å²) in [6.45, 7) is 5.94. The minimum Gasteiger partial charge on any atom is -0.379 e. The summed E-state index contributed by atoms with van der Waals surface area (Å²) in [5.74, 6) is -0.167. The molecule has 206 valence electrons. The topological polar surface area (TPSA) is 77.3 Å². The first kappa shape index (κ1) is 32.1. The Morgan fingerprint density at radius 3 is 2.54 bits per heavy atom. The third-order valence-electron chi connectivity index (χ3n) is 6.06. The Bertz CT molecular complexity index is 975. The lowest BCUT2D eigenvalue weighted by Gasteiger charge is -2.25. The van der Waals surface area contributed by atoms with Crippen LogP contribution < -0.4 is 10.6 Å². The van der Waals surface area contributed by atoms with Crippen molar-refractivity contribution in [2.75, 3.05) is 12.2 Å². The van der Waals surface area contributed by atoms with Crippen LogP contribution >= 0.6 is 0 Å². The number of alkyl halides is 3. The first-order valence-corrected chi connectivity index (χ1v) is 12.9. The highest BCUT2D eigenvalue weighted by Crippen LogP contribution is 2.27. The quantitative estimate of drug-likeness (QED) is 0.149. The van der Waals surface area contributed by atoms with Crippen LogP contribution in [-0.2, 0) is 4.79 Å². The van der Waals surface area contributed by atoms with Crippen molar-refractivity contribution in [3.63, 3.8) is 0 Å². The molecule has 0 aromatic heterocycles. The minimum absolute atomic E-state index is 0.122. The number of nitrogens with zero attached hydrogens (tertiary/aromatic N) is 1. The third-order valence-corrected chi connectivity index (χ3v) is 6.06. The molecule has 0 aliphatic carbocycles. The lowest BCUT2D eigenvalue weighted by molar-refractivity contribution is -0.119. The molecule has 0 radical (unpaired) electrons. The van der Waals surface area contributed by atoms with Crippen LogP contribution in [0.5, 0.6) is 0 Å². The number of halogens is 4. The number of allylic oxidation sites excluding steroid dienone is 2. The van der Waals surface area contributed by atoms with Crippen molar-refractivity contribution in [1.29, 1.82) is 5.41 Å². The molecule has 1 saturated heterocycles. The summed E-state index contributed by atoms with van der Waals surface area (Å²) in [6, 6.07) is 3.81. The number of unbranched alkanes of at least 4 members (excludes halogenated alkanes) is 2. The van der Waals surface area contributed by atoms with Gasteiger partial charge in [-0.05, 0) is 56.4 Å². The predicted molar refractivity (Wildman–Crippen MR) is 144 cm³/mol. The van der Waals surface area contributed by atoms with E-state index in [1.807, 2.05) is 19.9 Å². The summed E-state index contributed by atoms with van der Waals surface area (Å²) in [4.78, 5) is 16.3. The van der Waals surface area contributed by atoms with E-state index in [0.717, 1.165) is 31.3 Å². The van der Waals surface area contributed by atoms with Crippen molar-refractivity contribution < 1.29 is 22.4 Å². The van der Waals surface area contributed by atoms with Gasteiger partial charge in [-0.25, -0.2) is 22.6 Å². The van der Waals surface area contributed by atoms with Crippen molar-refractivity contribution >= 4 is 23.1 Å². The van der Waals surface area contributed by atoms with E-state index in [0.29, 0.717) is 48.3 Å². The standard InChI is InChI=1S/C27H38F2N4O.CH2F2/c1-5-8-10-11-24(22(29)7-3)32-23-14-12-19(28)17-21(23)26(30)18(4)20-13-15-25(34)33-27(20)31-16-9-6-2;2-1-3/h9,12,14,16-17,22,24,30,32H,5-8,10-11,13,15H2,1-4H3,(H,31,33,34);1H2/b16-9+,20-18+,30-26?;. The molecule has 37 heavy (non-hydrogen) atoms. The number of carbonyl (C=O) groups is 1. The number of amidine groups is 1. The summed E-state index contributed by atoms with van der Waals surface area (Å²) in [5.41, 5.74) is 2.38. The van der Waals surface area contributed by atoms with Gasteiger partial charge in [0.2, 0.25) is 12.8 Å². The Hall–Kier alpha value is -2.97. The van der Waals surface area contributed by atoms with Crippen LogP contribution in [0.3, 0.4) is 0 Å². The van der Waals surface area contributed by atoms with Crippen LogP contribution in [0.4, 0.5) is 23.2 Å². The zero-order chi connectivity index (χ0) is 27.8. The van der Waals surface area contributed by atoms with Crippen molar-refractivity contribution in [1.82, 2.24) is 5.32 Å². The highest BCUT2D eigenvalue weighted by molar-refractivity contribution is 6.20. The van der Waals surface area contributed by atoms with Gasteiger partial charge in [0.15, 0.2) is 0 Å². The molecule has 1 aliphatic heterocycles. The first-order chi connectivity index (χ1) is 17.7. The molecule has 3 N–H and O–H groups in total. The van der Waals surface area contributed by atoms with E-state index >= 15 is 0 Å². The van der Waals surface area contributed by atoms with Crippen molar-refractivity contribution in [2.24, 2.45) is 4.99 Å². The van der Waals surface area contributed by atoms with Gasteiger partial charge in [-0.1, -0.05) is 46.1 Å². The lowest BCUT2D eigenvalue weighted by atomic mass is 9.92. The SMILES string of the molecule is CC/C=C/N=C1\NC(=O)CC\C1=C(\C)C(=N)c1cc(F)ccc1NC(CCCCC)C(F)CC.FCF.